The molecule has 0 radical (unpaired) electrons. The molecular weight excluding hydrogens is 368 g/mol. The Balaban J connectivity index is 2.06. The lowest BCUT2D eigenvalue weighted by molar-refractivity contribution is 0.416. The zero-order valence-electron chi connectivity index (χ0n) is 11.6. The maximum Gasteiger partial charge on any atom is 0.181 e. The lowest BCUT2D eigenvalue weighted by atomic mass is 10.1. The second-order valence-corrected chi connectivity index (χ2v) is 5.91. The van der Waals surface area contributed by atoms with Crippen molar-refractivity contribution in [3.05, 3.63) is 45.9 Å². The normalized spacial score (nSPS) is 10.7. The molecule has 0 bridgehead atoms. The van der Waals surface area contributed by atoms with Crippen LogP contribution in [0, 0.1) is 0 Å². The van der Waals surface area contributed by atoms with Gasteiger partial charge in [0.15, 0.2) is 11.6 Å². The number of nitrogens with zero attached hydrogens (tertiary/aromatic N) is 2. The summed E-state index contributed by atoms with van der Waals surface area (Å²) in [5.74, 6) is 1.74. The fourth-order valence-electron chi connectivity index (χ4n) is 2.06. The topological polar surface area (TPSA) is 76.8 Å². The molecule has 3 N–H and O–H groups in total. The molecule has 0 aliphatic rings. The van der Waals surface area contributed by atoms with Gasteiger partial charge in [-0.3, -0.25) is 5.10 Å². The second kappa shape index (κ2) is 5.98. The van der Waals surface area contributed by atoms with E-state index >= 15 is 0 Å². The van der Waals surface area contributed by atoms with Gasteiger partial charge in [-0.15, -0.1) is 0 Å². The molecule has 7 heteroatoms. The Bertz CT molecular complexity index is 834. The van der Waals surface area contributed by atoms with Crippen molar-refractivity contribution in [2.45, 2.75) is 0 Å². The predicted octanol–water partition coefficient (Wildman–Crippen LogP) is 4.15. The monoisotopic (exact) mass is 378 g/mol. The molecule has 22 heavy (non-hydrogen) atoms. The summed E-state index contributed by atoms with van der Waals surface area (Å²) in [5.41, 5.74) is 7.85. The van der Waals surface area contributed by atoms with Crippen molar-refractivity contribution in [3.63, 3.8) is 0 Å². The maximum absolute atomic E-state index is 6.09. The van der Waals surface area contributed by atoms with E-state index in [1.54, 1.807) is 19.2 Å². The highest BCUT2D eigenvalue weighted by molar-refractivity contribution is 9.10. The molecule has 0 unspecified atom stereocenters. The fourth-order valence-corrected chi connectivity index (χ4v) is 2.62. The van der Waals surface area contributed by atoms with Crippen molar-refractivity contribution in [2.75, 3.05) is 12.8 Å². The number of benzene rings is 2. The number of halogens is 2. The first kappa shape index (κ1) is 14.9. The Kier molecular flexibility index (Phi) is 4.04. The number of aromatic nitrogens is 3. The molecular formula is C15H12BrClN4O. The summed E-state index contributed by atoms with van der Waals surface area (Å²) in [6.45, 7) is 0. The molecule has 0 saturated heterocycles. The van der Waals surface area contributed by atoms with Crippen LogP contribution in [0.5, 0.6) is 5.75 Å². The van der Waals surface area contributed by atoms with Crippen LogP contribution >= 0.6 is 27.5 Å². The largest absolute Gasteiger partial charge is 0.496 e. The highest BCUT2D eigenvalue weighted by Crippen LogP contribution is 2.35. The Morgan fingerprint density at radius 2 is 2.09 bits per heavy atom. The molecule has 0 aliphatic heterocycles. The van der Waals surface area contributed by atoms with Crippen LogP contribution < -0.4 is 10.5 Å². The van der Waals surface area contributed by atoms with E-state index in [1.807, 2.05) is 24.3 Å². The van der Waals surface area contributed by atoms with Crippen molar-refractivity contribution < 1.29 is 4.74 Å². The molecule has 0 aliphatic carbocycles. The van der Waals surface area contributed by atoms with Crippen molar-refractivity contribution in [1.82, 2.24) is 15.2 Å². The number of ether oxygens (including phenoxy) is 1. The van der Waals surface area contributed by atoms with E-state index in [0.29, 0.717) is 33.7 Å². The summed E-state index contributed by atoms with van der Waals surface area (Å²) < 4.78 is 6.30. The van der Waals surface area contributed by atoms with E-state index in [2.05, 4.69) is 31.1 Å². The van der Waals surface area contributed by atoms with Crippen LogP contribution in [0.15, 0.2) is 40.9 Å². The molecule has 0 fully saturated rings. The summed E-state index contributed by atoms with van der Waals surface area (Å²) in [4.78, 5) is 4.50. The summed E-state index contributed by atoms with van der Waals surface area (Å²) in [6.07, 6.45) is 0. The van der Waals surface area contributed by atoms with Crippen LogP contribution in [0.2, 0.25) is 5.02 Å². The van der Waals surface area contributed by atoms with Gasteiger partial charge in [-0.25, -0.2) is 4.98 Å². The predicted molar refractivity (Wildman–Crippen MR) is 90.9 cm³/mol. The number of methoxy groups -OCH3 is 1. The molecule has 0 amide bonds. The highest BCUT2D eigenvalue weighted by atomic mass is 79.9. The minimum atomic E-state index is 0.441. The maximum atomic E-state index is 6.09. The van der Waals surface area contributed by atoms with Gasteiger partial charge in [0, 0.05) is 16.1 Å². The summed E-state index contributed by atoms with van der Waals surface area (Å²) >= 11 is 9.52. The van der Waals surface area contributed by atoms with Gasteiger partial charge >= 0.3 is 0 Å². The SMILES string of the molecule is COc1cc(N)c(Cl)cc1-c1nc(-c2cccc(Br)c2)n[nH]1. The number of hydrogen-bond acceptors (Lipinski definition) is 4. The Hall–Kier alpha value is -2.05. The van der Waals surface area contributed by atoms with Gasteiger partial charge in [0.2, 0.25) is 0 Å². The van der Waals surface area contributed by atoms with Gasteiger partial charge in [0.1, 0.15) is 5.75 Å². The van der Waals surface area contributed by atoms with E-state index in [-0.39, 0.29) is 0 Å². The highest BCUT2D eigenvalue weighted by Gasteiger charge is 2.14. The van der Waals surface area contributed by atoms with Crippen LogP contribution in [0.1, 0.15) is 0 Å². The van der Waals surface area contributed by atoms with Crippen LogP contribution in [-0.4, -0.2) is 22.3 Å². The number of H-pyrrole nitrogens is 1. The van der Waals surface area contributed by atoms with E-state index < -0.39 is 0 Å². The third-order valence-electron chi connectivity index (χ3n) is 3.14. The fraction of sp³-hybridized carbons (Fsp3) is 0.0667. The number of nitrogens with two attached hydrogens (primary N) is 1. The van der Waals surface area contributed by atoms with Crippen LogP contribution in [-0.2, 0) is 0 Å². The molecule has 112 valence electrons. The first-order valence-corrected chi connectivity index (χ1v) is 7.57. The van der Waals surface area contributed by atoms with Gasteiger partial charge in [-0.05, 0) is 18.2 Å². The summed E-state index contributed by atoms with van der Waals surface area (Å²) in [5, 5.41) is 7.59. The number of aromatic amines is 1. The molecule has 3 rings (SSSR count). The Morgan fingerprint density at radius 1 is 1.27 bits per heavy atom. The van der Waals surface area contributed by atoms with Gasteiger partial charge in [-0.2, -0.15) is 5.10 Å². The number of hydrogen-bond donors (Lipinski definition) is 2. The first-order valence-electron chi connectivity index (χ1n) is 6.40. The zero-order chi connectivity index (χ0) is 15.7. The van der Waals surface area contributed by atoms with Crippen molar-refractivity contribution in [3.8, 4) is 28.5 Å². The van der Waals surface area contributed by atoms with Crippen molar-refractivity contribution in [2.24, 2.45) is 0 Å². The van der Waals surface area contributed by atoms with E-state index in [0.717, 1.165) is 10.0 Å². The van der Waals surface area contributed by atoms with Gasteiger partial charge < -0.3 is 10.5 Å². The molecule has 1 aromatic heterocycles. The second-order valence-electron chi connectivity index (χ2n) is 4.59. The summed E-state index contributed by atoms with van der Waals surface area (Å²) in [6, 6.07) is 11.1. The first-order chi connectivity index (χ1) is 10.6. The van der Waals surface area contributed by atoms with E-state index in [4.69, 9.17) is 22.1 Å². The quantitative estimate of drug-likeness (QED) is 0.670. The molecule has 5 nitrogen and oxygen atoms in total. The lowest BCUT2D eigenvalue weighted by Gasteiger charge is -2.08. The molecule has 0 saturated carbocycles. The van der Waals surface area contributed by atoms with Gasteiger partial charge in [0.05, 0.1) is 23.4 Å². The third kappa shape index (κ3) is 2.80. The van der Waals surface area contributed by atoms with Gasteiger partial charge in [0.25, 0.3) is 0 Å². The average Bonchev–Trinajstić information content (AvgIpc) is 2.99. The van der Waals surface area contributed by atoms with Crippen LogP contribution in [0.4, 0.5) is 5.69 Å². The number of nitrogen functional groups attached to an aromatic ring is 1. The van der Waals surface area contributed by atoms with Crippen LogP contribution in [0.3, 0.4) is 0 Å². The molecule has 2 aromatic carbocycles. The number of rotatable bonds is 3. The summed E-state index contributed by atoms with van der Waals surface area (Å²) in [7, 11) is 1.57. The minimum Gasteiger partial charge on any atom is -0.496 e. The standard InChI is InChI=1S/C15H12BrClN4O/c1-22-13-7-12(18)11(17)6-10(13)15-19-14(20-21-15)8-3-2-4-9(16)5-8/h2-7H,18H2,1H3,(H,19,20,21). The van der Waals surface area contributed by atoms with Crippen molar-refractivity contribution in [1.29, 1.82) is 0 Å². The lowest BCUT2D eigenvalue weighted by Crippen LogP contribution is -1.94. The van der Waals surface area contributed by atoms with Crippen molar-refractivity contribution >= 4 is 33.2 Å². The smallest absolute Gasteiger partial charge is 0.181 e. The molecule has 0 atom stereocenters. The molecule has 0 spiro atoms. The average molecular weight is 380 g/mol. The Labute approximate surface area is 140 Å². The van der Waals surface area contributed by atoms with E-state index in [1.165, 1.54) is 0 Å². The zero-order valence-corrected chi connectivity index (χ0v) is 13.9. The third-order valence-corrected chi connectivity index (χ3v) is 3.96. The molecule has 3 aromatic rings. The number of nitrogens with one attached hydrogen (secondary N) is 1. The minimum absolute atomic E-state index is 0.441. The molecule has 1 heterocycles. The van der Waals surface area contributed by atoms with Crippen LogP contribution in [0.25, 0.3) is 22.8 Å². The Morgan fingerprint density at radius 3 is 2.82 bits per heavy atom. The number of anilines is 1. The van der Waals surface area contributed by atoms with E-state index in [9.17, 15) is 0 Å². The van der Waals surface area contributed by atoms with Gasteiger partial charge in [-0.1, -0.05) is 39.7 Å².